The first kappa shape index (κ1) is 18.5. The van der Waals surface area contributed by atoms with Gasteiger partial charge in [0.15, 0.2) is 0 Å². The molecule has 152 valence electrons. The second kappa shape index (κ2) is 7.72. The molecular formula is C22H22N6O2. The molecule has 30 heavy (non-hydrogen) atoms. The minimum Gasteiger partial charge on any atom is -0.339 e. The fourth-order valence-corrected chi connectivity index (χ4v) is 3.78. The maximum Gasteiger partial charge on any atom is 0.274 e. The topological polar surface area (TPSA) is 97.4 Å². The van der Waals surface area contributed by atoms with E-state index in [-0.39, 0.29) is 5.91 Å². The van der Waals surface area contributed by atoms with Crippen LogP contribution in [0, 0.1) is 6.92 Å². The van der Waals surface area contributed by atoms with Crippen LogP contribution in [0.15, 0.2) is 53.3 Å². The first-order valence-electron chi connectivity index (χ1n) is 10.1. The average molecular weight is 402 g/mol. The van der Waals surface area contributed by atoms with Gasteiger partial charge in [-0.2, -0.15) is 4.98 Å². The van der Waals surface area contributed by atoms with Gasteiger partial charge >= 0.3 is 0 Å². The monoisotopic (exact) mass is 402 g/mol. The Morgan fingerprint density at radius 3 is 3.13 bits per heavy atom. The summed E-state index contributed by atoms with van der Waals surface area (Å²) < 4.78 is 7.20. The molecular weight excluding hydrogens is 380 g/mol. The van der Waals surface area contributed by atoms with E-state index in [2.05, 4.69) is 25.8 Å². The van der Waals surface area contributed by atoms with Crippen LogP contribution in [0.5, 0.6) is 0 Å². The predicted molar refractivity (Wildman–Crippen MR) is 112 cm³/mol. The van der Waals surface area contributed by atoms with Crippen molar-refractivity contribution in [2.75, 3.05) is 11.9 Å². The number of fused-ring (bicyclic) bond motifs is 1. The number of carbonyl (C=O) groups is 1. The Bertz CT molecular complexity index is 1210. The quantitative estimate of drug-likeness (QED) is 0.532. The molecule has 1 fully saturated rings. The van der Waals surface area contributed by atoms with Crippen LogP contribution in [-0.4, -0.2) is 38.0 Å². The smallest absolute Gasteiger partial charge is 0.274 e. The molecule has 5 rings (SSSR count). The Balaban J connectivity index is 1.37. The normalized spacial score (nSPS) is 16.2. The molecule has 8 heteroatoms. The minimum atomic E-state index is -0.227. The maximum atomic E-state index is 12.9. The van der Waals surface area contributed by atoms with Crippen LogP contribution in [0.3, 0.4) is 0 Å². The fraction of sp³-hybridized carbons (Fsp3) is 0.273. The Kier molecular flexibility index (Phi) is 4.76. The Hall–Kier alpha value is -3.52. The summed E-state index contributed by atoms with van der Waals surface area (Å²) >= 11 is 0. The second-order valence-corrected chi connectivity index (χ2v) is 7.57. The molecule has 1 atom stereocenters. The van der Waals surface area contributed by atoms with E-state index in [1.165, 1.54) is 6.42 Å². The summed E-state index contributed by atoms with van der Waals surface area (Å²) in [5, 5.41) is 10.5. The number of anilines is 1. The van der Waals surface area contributed by atoms with E-state index < -0.39 is 0 Å². The highest BCUT2D eigenvalue weighted by Gasteiger charge is 2.19. The van der Waals surface area contributed by atoms with Crippen molar-refractivity contribution < 1.29 is 9.32 Å². The number of aryl methyl sites for hydroxylation is 1. The average Bonchev–Trinajstić information content (AvgIpc) is 3.50. The summed E-state index contributed by atoms with van der Waals surface area (Å²) in [4.78, 5) is 21.7. The molecule has 1 saturated heterocycles. The van der Waals surface area contributed by atoms with Crippen LogP contribution >= 0.6 is 0 Å². The SMILES string of the molecule is Cc1ccc(-c2noc(CC3CCCN3)n2)cc1NC(=O)c1cnc2ccccn12. The summed E-state index contributed by atoms with van der Waals surface area (Å²) in [5.41, 5.74) is 3.64. The van der Waals surface area contributed by atoms with Crippen LogP contribution in [0.25, 0.3) is 17.0 Å². The van der Waals surface area contributed by atoms with Crippen LogP contribution in [0.4, 0.5) is 5.69 Å². The van der Waals surface area contributed by atoms with E-state index in [1.807, 2.05) is 49.5 Å². The Morgan fingerprint density at radius 1 is 1.33 bits per heavy atom. The number of hydrogen-bond acceptors (Lipinski definition) is 6. The largest absolute Gasteiger partial charge is 0.339 e. The number of rotatable bonds is 5. The van der Waals surface area contributed by atoms with Crippen molar-refractivity contribution in [2.24, 2.45) is 0 Å². The molecule has 0 bridgehead atoms. The lowest BCUT2D eigenvalue weighted by atomic mass is 10.1. The van der Waals surface area contributed by atoms with Crippen molar-refractivity contribution in [3.63, 3.8) is 0 Å². The number of benzene rings is 1. The molecule has 0 spiro atoms. The van der Waals surface area contributed by atoms with E-state index in [4.69, 9.17) is 4.52 Å². The standard InChI is InChI=1S/C22H22N6O2/c1-14-7-8-15(21-26-20(30-27-21)12-16-5-4-9-23-16)11-17(14)25-22(29)18-13-24-19-6-2-3-10-28(18)19/h2-3,6-8,10-11,13,16,23H,4-5,9,12H2,1H3,(H,25,29). The molecule has 1 aliphatic rings. The number of carbonyl (C=O) groups excluding carboxylic acids is 1. The highest BCUT2D eigenvalue weighted by Crippen LogP contribution is 2.25. The van der Waals surface area contributed by atoms with E-state index in [0.29, 0.717) is 29.1 Å². The number of nitrogens with one attached hydrogen (secondary N) is 2. The minimum absolute atomic E-state index is 0.227. The van der Waals surface area contributed by atoms with Crippen molar-refractivity contribution >= 4 is 17.2 Å². The molecule has 4 aromatic rings. The summed E-state index contributed by atoms with van der Waals surface area (Å²) in [7, 11) is 0. The van der Waals surface area contributed by atoms with E-state index in [0.717, 1.165) is 36.2 Å². The Labute approximate surface area is 173 Å². The molecule has 1 amide bonds. The Morgan fingerprint density at radius 2 is 2.27 bits per heavy atom. The zero-order valence-electron chi connectivity index (χ0n) is 16.6. The van der Waals surface area contributed by atoms with Gasteiger partial charge in [-0.1, -0.05) is 23.4 Å². The zero-order valence-corrected chi connectivity index (χ0v) is 16.6. The third kappa shape index (κ3) is 3.57. The summed E-state index contributed by atoms with van der Waals surface area (Å²) in [6, 6.07) is 11.8. The number of nitrogens with zero attached hydrogens (tertiary/aromatic N) is 4. The molecule has 0 aliphatic carbocycles. The van der Waals surface area contributed by atoms with Crippen molar-refractivity contribution in [2.45, 2.75) is 32.2 Å². The van der Waals surface area contributed by atoms with Gasteiger partial charge in [-0.15, -0.1) is 0 Å². The van der Waals surface area contributed by atoms with Gasteiger partial charge in [0.25, 0.3) is 5.91 Å². The van der Waals surface area contributed by atoms with Crippen LogP contribution < -0.4 is 10.6 Å². The summed E-state index contributed by atoms with van der Waals surface area (Å²) in [5.74, 6) is 0.921. The number of pyridine rings is 1. The first-order valence-corrected chi connectivity index (χ1v) is 10.1. The lowest BCUT2D eigenvalue weighted by molar-refractivity contribution is 0.102. The van der Waals surface area contributed by atoms with Gasteiger partial charge in [0.05, 0.1) is 6.20 Å². The molecule has 2 N–H and O–H groups in total. The fourth-order valence-electron chi connectivity index (χ4n) is 3.78. The molecule has 1 aliphatic heterocycles. The van der Waals surface area contributed by atoms with Gasteiger partial charge in [0.1, 0.15) is 11.3 Å². The number of hydrogen-bond donors (Lipinski definition) is 2. The van der Waals surface area contributed by atoms with Gasteiger partial charge in [0.2, 0.25) is 11.7 Å². The summed E-state index contributed by atoms with van der Waals surface area (Å²) in [6.45, 7) is 2.99. The van der Waals surface area contributed by atoms with Crippen LogP contribution in [-0.2, 0) is 6.42 Å². The van der Waals surface area contributed by atoms with Gasteiger partial charge in [-0.3, -0.25) is 9.20 Å². The molecule has 1 unspecified atom stereocenters. The molecule has 8 nitrogen and oxygen atoms in total. The maximum absolute atomic E-state index is 12.9. The van der Waals surface area contributed by atoms with Crippen molar-refractivity contribution in [1.82, 2.24) is 24.8 Å². The number of aromatic nitrogens is 4. The van der Waals surface area contributed by atoms with Gasteiger partial charge in [0, 0.05) is 29.9 Å². The molecule has 0 radical (unpaired) electrons. The molecule has 0 saturated carbocycles. The molecule has 4 heterocycles. The van der Waals surface area contributed by atoms with Crippen LogP contribution in [0.1, 0.15) is 34.8 Å². The predicted octanol–water partition coefficient (Wildman–Crippen LogP) is 3.24. The summed E-state index contributed by atoms with van der Waals surface area (Å²) in [6.07, 6.45) is 6.44. The molecule has 1 aromatic carbocycles. The van der Waals surface area contributed by atoms with Gasteiger partial charge in [-0.05, 0) is 50.1 Å². The van der Waals surface area contributed by atoms with Crippen molar-refractivity contribution in [1.29, 1.82) is 0 Å². The van der Waals surface area contributed by atoms with Gasteiger partial charge in [-0.25, -0.2) is 4.98 Å². The second-order valence-electron chi connectivity index (χ2n) is 7.57. The molecule has 3 aromatic heterocycles. The van der Waals surface area contributed by atoms with Crippen molar-refractivity contribution in [3.05, 3.63) is 65.9 Å². The number of amides is 1. The highest BCUT2D eigenvalue weighted by atomic mass is 16.5. The number of imidazole rings is 1. The van der Waals surface area contributed by atoms with Gasteiger partial charge < -0.3 is 15.2 Å². The lowest BCUT2D eigenvalue weighted by Crippen LogP contribution is -2.23. The zero-order chi connectivity index (χ0) is 20.5. The van der Waals surface area contributed by atoms with E-state index in [1.54, 1.807) is 10.6 Å². The highest BCUT2D eigenvalue weighted by molar-refractivity contribution is 6.04. The van der Waals surface area contributed by atoms with E-state index in [9.17, 15) is 4.79 Å². The van der Waals surface area contributed by atoms with E-state index >= 15 is 0 Å². The first-order chi connectivity index (χ1) is 14.7. The third-order valence-electron chi connectivity index (χ3n) is 5.45. The van der Waals surface area contributed by atoms with Crippen LogP contribution in [0.2, 0.25) is 0 Å². The lowest BCUT2D eigenvalue weighted by Gasteiger charge is -2.09. The third-order valence-corrected chi connectivity index (χ3v) is 5.45. The van der Waals surface area contributed by atoms with Crippen molar-refractivity contribution in [3.8, 4) is 11.4 Å².